The van der Waals surface area contributed by atoms with E-state index < -0.39 is 0 Å². The van der Waals surface area contributed by atoms with E-state index >= 15 is 0 Å². The van der Waals surface area contributed by atoms with Crippen molar-refractivity contribution in [2.45, 2.75) is 150 Å². The van der Waals surface area contributed by atoms with Gasteiger partial charge in [-0.05, 0) is 178 Å². The van der Waals surface area contributed by atoms with Crippen LogP contribution in [0.1, 0.15) is 134 Å². The summed E-state index contributed by atoms with van der Waals surface area (Å²) in [5.41, 5.74) is 21.4. The summed E-state index contributed by atoms with van der Waals surface area (Å²) in [5.74, 6) is 2.04. The van der Waals surface area contributed by atoms with Gasteiger partial charge < -0.3 is 0 Å². The van der Waals surface area contributed by atoms with Crippen LogP contribution in [-0.4, -0.2) is 0 Å². The molecule has 1 fully saturated rings. The van der Waals surface area contributed by atoms with Gasteiger partial charge in [-0.25, -0.2) is 0 Å². The molecule has 0 heterocycles. The van der Waals surface area contributed by atoms with Crippen LogP contribution in [0, 0.1) is 94.9 Å². The van der Waals surface area contributed by atoms with Gasteiger partial charge in [0.05, 0.1) is 0 Å². The molecule has 0 amide bonds. The van der Waals surface area contributed by atoms with E-state index in [1.807, 2.05) is 27.7 Å². The van der Waals surface area contributed by atoms with E-state index in [1.165, 1.54) is 136 Å². The van der Waals surface area contributed by atoms with Gasteiger partial charge in [0.15, 0.2) is 0 Å². The highest BCUT2D eigenvalue weighted by atomic mass is 14.2. The van der Waals surface area contributed by atoms with Gasteiger partial charge in [-0.1, -0.05) is 313 Å². The number of hydrogen-bond acceptors (Lipinski definition) is 0. The summed E-state index contributed by atoms with van der Waals surface area (Å²) < 4.78 is 0. The molecule has 1 aliphatic carbocycles. The van der Waals surface area contributed by atoms with Crippen molar-refractivity contribution in [1.29, 1.82) is 0 Å². The molecule has 0 aliphatic heterocycles. The highest BCUT2D eigenvalue weighted by molar-refractivity contribution is 5.85. The Kier molecular flexibility index (Phi) is 30.8. The van der Waals surface area contributed by atoms with Crippen molar-refractivity contribution in [2.75, 3.05) is 0 Å². The van der Waals surface area contributed by atoms with Gasteiger partial charge in [0.25, 0.3) is 0 Å². The minimum Gasteiger partial charge on any atom is -0.0683 e. The maximum atomic E-state index is 2.37. The van der Waals surface area contributed by atoms with Gasteiger partial charge in [0.2, 0.25) is 0 Å². The maximum Gasteiger partial charge on any atom is -0.0152 e. The summed E-state index contributed by atoms with van der Waals surface area (Å²) in [7, 11) is 0. The lowest BCUT2D eigenvalue weighted by molar-refractivity contribution is 0.308. The van der Waals surface area contributed by atoms with Crippen LogP contribution in [0.5, 0.6) is 0 Å². The third kappa shape index (κ3) is 24.0. The predicted molar refractivity (Wildman–Crippen MR) is 361 cm³/mol. The fraction of sp³-hybridized carbons (Fsp3) is 0.300. The molecular weight excluding hydrogens is 961 g/mol. The molecule has 0 atom stereocenters. The molecule has 0 nitrogen and oxygen atoms in total. The average Bonchev–Trinajstić information content (AvgIpc) is 3.47. The molecule has 420 valence electrons. The van der Waals surface area contributed by atoms with E-state index in [-0.39, 0.29) is 0 Å². The second-order valence-electron chi connectivity index (χ2n) is 21.5. The minimum absolute atomic E-state index is 1.02. The zero-order chi connectivity index (χ0) is 59.0. The normalized spacial score (nSPS) is 12.7. The number of hydrogen-bond donors (Lipinski definition) is 0. The fourth-order valence-electron chi connectivity index (χ4n) is 9.15. The molecule has 0 heteroatoms. The Morgan fingerprint density at radius 2 is 0.562 bits per heavy atom. The first-order valence-corrected chi connectivity index (χ1v) is 29.7. The summed E-state index contributed by atoms with van der Waals surface area (Å²) in [6.45, 7) is 38.3. The average molecular weight is 1060 g/mol. The summed E-state index contributed by atoms with van der Waals surface area (Å²) in [4.78, 5) is 0. The SMILES string of the molecule is CC.CC.CC1CCC(C)CC1.Cc1ccc(-c2ccc(C)cc2)cc1.Cc1ccc(C)c(C)c1.Cc1ccc(C)c(C)c1.Cc1ccc2ccccc2c1.Cc1cccc2ccccc12.Cc1ccccc1-c1ccccc1C. The number of aryl methyl sites for hydroxylation is 12. The monoisotopic (exact) mass is 1060 g/mol. The summed E-state index contributed by atoms with van der Waals surface area (Å²) >= 11 is 0. The number of rotatable bonds is 2. The smallest absolute Gasteiger partial charge is 0.0152 e. The first-order chi connectivity index (χ1) is 38.5. The second kappa shape index (κ2) is 36.8. The molecule has 80 heavy (non-hydrogen) atoms. The van der Waals surface area contributed by atoms with Crippen molar-refractivity contribution in [1.82, 2.24) is 0 Å². The summed E-state index contributed by atoms with van der Waals surface area (Å²) in [6, 6.07) is 77.0. The molecule has 10 aromatic carbocycles. The van der Waals surface area contributed by atoms with E-state index in [1.54, 1.807) is 0 Å². The zero-order valence-corrected chi connectivity index (χ0v) is 52.8. The fourth-order valence-corrected chi connectivity index (χ4v) is 9.15. The molecule has 0 bridgehead atoms. The van der Waals surface area contributed by atoms with E-state index in [9.17, 15) is 0 Å². The first-order valence-electron chi connectivity index (χ1n) is 29.7. The first kappa shape index (κ1) is 67.0. The summed E-state index contributed by atoms with van der Waals surface area (Å²) in [5, 5.41) is 5.33. The molecule has 0 spiro atoms. The Hall–Kier alpha value is -7.28. The van der Waals surface area contributed by atoms with E-state index in [2.05, 4.69) is 315 Å². The van der Waals surface area contributed by atoms with E-state index in [0.29, 0.717) is 0 Å². The van der Waals surface area contributed by atoms with E-state index in [0.717, 1.165) is 11.8 Å². The Labute approximate surface area is 488 Å². The Balaban J connectivity index is 0.000000244. The summed E-state index contributed by atoms with van der Waals surface area (Å²) in [6.07, 6.45) is 5.89. The molecule has 0 unspecified atom stereocenters. The predicted octanol–water partition coefficient (Wildman–Crippen LogP) is 24.3. The second-order valence-corrected chi connectivity index (χ2v) is 21.5. The highest BCUT2D eigenvalue weighted by Gasteiger charge is 2.13. The van der Waals surface area contributed by atoms with Crippen LogP contribution >= 0.6 is 0 Å². The molecule has 0 N–H and O–H groups in total. The van der Waals surface area contributed by atoms with Gasteiger partial charge in [0, 0.05) is 0 Å². The van der Waals surface area contributed by atoms with Gasteiger partial charge in [0.1, 0.15) is 0 Å². The quantitative estimate of drug-likeness (QED) is 0.162. The number of fused-ring (bicyclic) bond motifs is 2. The van der Waals surface area contributed by atoms with E-state index in [4.69, 9.17) is 0 Å². The van der Waals surface area contributed by atoms with Crippen LogP contribution in [0.25, 0.3) is 43.8 Å². The van der Waals surface area contributed by atoms with Gasteiger partial charge in [-0.15, -0.1) is 0 Å². The molecule has 0 aromatic heterocycles. The number of benzene rings is 10. The molecule has 10 aromatic rings. The third-order valence-corrected chi connectivity index (χ3v) is 14.6. The van der Waals surface area contributed by atoms with Crippen molar-refractivity contribution in [3.63, 3.8) is 0 Å². The lowest BCUT2D eigenvalue weighted by atomic mass is 9.84. The maximum absolute atomic E-state index is 2.37. The van der Waals surface area contributed by atoms with Crippen molar-refractivity contribution in [2.24, 2.45) is 11.8 Å². The molecule has 1 saturated carbocycles. The van der Waals surface area contributed by atoms with Crippen LogP contribution in [0.4, 0.5) is 0 Å². The lowest BCUT2D eigenvalue weighted by Crippen LogP contribution is -2.08. The van der Waals surface area contributed by atoms with Crippen LogP contribution in [0.3, 0.4) is 0 Å². The molecule has 0 saturated heterocycles. The van der Waals surface area contributed by atoms with Crippen LogP contribution in [0.2, 0.25) is 0 Å². The molecular formula is C80H100. The Morgan fingerprint density at radius 1 is 0.237 bits per heavy atom. The third-order valence-electron chi connectivity index (χ3n) is 14.6. The van der Waals surface area contributed by atoms with Crippen LogP contribution < -0.4 is 0 Å². The molecule has 1 aliphatic rings. The largest absolute Gasteiger partial charge is 0.0683 e. The van der Waals surface area contributed by atoms with Crippen molar-refractivity contribution < 1.29 is 0 Å². The van der Waals surface area contributed by atoms with Crippen molar-refractivity contribution >= 4 is 21.5 Å². The van der Waals surface area contributed by atoms with Crippen LogP contribution in [0.15, 0.2) is 218 Å². The molecule has 0 radical (unpaired) electrons. The van der Waals surface area contributed by atoms with Crippen molar-refractivity contribution in [3.8, 4) is 22.3 Å². The molecule has 11 rings (SSSR count). The van der Waals surface area contributed by atoms with Crippen molar-refractivity contribution in [3.05, 3.63) is 285 Å². The van der Waals surface area contributed by atoms with Gasteiger partial charge in [-0.2, -0.15) is 0 Å². The zero-order valence-electron chi connectivity index (χ0n) is 52.8. The van der Waals surface area contributed by atoms with Gasteiger partial charge >= 0.3 is 0 Å². The Bertz CT molecular complexity index is 3130. The highest BCUT2D eigenvalue weighted by Crippen LogP contribution is 2.28. The standard InChI is InChI=1S/2C14H14.2C11H10.2C9H12.C8H16.2C2H6/c1-11-3-7-13(8-4-11)14-9-5-12(2)6-10-14;1-11-7-3-5-9-13(11)14-10-6-4-8-12(14)2;1-9-5-4-7-10-6-2-3-8-11(9)10;1-9-6-7-10-4-2-3-5-11(10)8-9;2*1-7-4-5-8(2)9(3)6-7;1-7-3-5-8(2)6-4-7;2*1-2/h2*3-10H,1-2H3;2*2-8H,1H3;2*4-6H,1-3H3;7-8H,3-6H2,1-2H3;2*1-2H3. The lowest BCUT2D eigenvalue weighted by Gasteiger charge is -2.22. The Morgan fingerprint density at radius 3 is 0.963 bits per heavy atom. The minimum atomic E-state index is 1.02. The van der Waals surface area contributed by atoms with Crippen LogP contribution in [-0.2, 0) is 0 Å². The van der Waals surface area contributed by atoms with Gasteiger partial charge in [-0.3, -0.25) is 0 Å². The topological polar surface area (TPSA) is 0 Å².